The average Bonchev–Trinajstić information content (AvgIpc) is 2.38. The van der Waals surface area contributed by atoms with Gasteiger partial charge in [-0.25, -0.2) is 5.43 Å². The highest BCUT2D eigenvalue weighted by atomic mass is 79.9. The van der Waals surface area contributed by atoms with E-state index < -0.39 is 0 Å². The smallest absolute Gasteiger partial charge is 0.0713 e. The summed E-state index contributed by atoms with van der Waals surface area (Å²) in [6.07, 6.45) is 0. The molecular formula is C14H13BrCl2N2. The Morgan fingerprint density at radius 1 is 1.11 bits per heavy atom. The number of aryl methyl sites for hydroxylation is 1. The van der Waals surface area contributed by atoms with Crippen molar-refractivity contribution in [3.63, 3.8) is 0 Å². The summed E-state index contributed by atoms with van der Waals surface area (Å²) in [4.78, 5) is 0. The van der Waals surface area contributed by atoms with E-state index in [2.05, 4.69) is 21.4 Å². The summed E-state index contributed by atoms with van der Waals surface area (Å²) < 4.78 is 1.01. The highest BCUT2D eigenvalue weighted by Gasteiger charge is 2.16. The normalized spacial score (nSPS) is 12.5. The molecule has 0 aromatic heterocycles. The van der Waals surface area contributed by atoms with Crippen molar-refractivity contribution in [2.45, 2.75) is 13.0 Å². The first kappa shape index (κ1) is 14.8. The maximum absolute atomic E-state index is 6.06. The molecule has 0 aliphatic rings. The van der Waals surface area contributed by atoms with Crippen molar-refractivity contribution in [3.05, 3.63) is 67.6 Å². The van der Waals surface area contributed by atoms with E-state index in [0.717, 1.165) is 21.2 Å². The van der Waals surface area contributed by atoms with Crippen molar-refractivity contribution in [1.82, 2.24) is 5.43 Å². The van der Waals surface area contributed by atoms with Crippen molar-refractivity contribution < 1.29 is 0 Å². The third-order valence-electron chi connectivity index (χ3n) is 3.00. The molecule has 5 heteroatoms. The SMILES string of the molecule is Cc1ccc(Br)cc1C(NN)c1ccc(Cl)c(Cl)c1. The Hall–Kier alpha value is -0.580. The Bertz CT molecular complexity index is 602. The lowest BCUT2D eigenvalue weighted by Gasteiger charge is -2.20. The fourth-order valence-electron chi connectivity index (χ4n) is 1.98. The lowest BCUT2D eigenvalue weighted by Crippen LogP contribution is -2.29. The van der Waals surface area contributed by atoms with Crippen LogP contribution in [0, 0.1) is 6.92 Å². The number of rotatable bonds is 3. The summed E-state index contributed by atoms with van der Waals surface area (Å²) in [5.41, 5.74) is 6.04. The van der Waals surface area contributed by atoms with Crippen molar-refractivity contribution in [1.29, 1.82) is 0 Å². The molecular weight excluding hydrogens is 347 g/mol. The van der Waals surface area contributed by atoms with Crippen molar-refractivity contribution in [2.24, 2.45) is 5.84 Å². The van der Waals surface area contributed by atoms with Crippen LogP contribution in [0.5, 0.6) is 0 Å². The van der Waals surface area contributed by atoms with Crippen molar-refractivity contribution >= 4 is 39.1 Å². The summed E-state index contributed by atoms with van der Waals surface area (Å²) in [5.74, 6) is 5.70. The predicted molar refractivity (Wildman–Crippen MR) is 84.5 cm³/mol. The highest BCUT2D eigenvalue weighted by molar-refractivity contribution is 9.10. The van der Waals surface area contributed by atoms with Gasteiger partial charge in [-0.3, -0.25) is 5.84 Å². The molecule has 0 aliphatic heterocycles. The van der Waals surface area contributed by atoms with Crippen molar-refractivity contribution in [3.8, 4) is 0 Å². The zero-order valence-corrected chi connectivity index (χ0v) is 13.4. The van der Waals surface area contributed by atoms with Gasteiger partial charge in [0.25, 0.3) is 0 Å². The van der Waals surface area contributed by atoms with Crippen LogP contribution in [0.15, 0.2) is 40.9 Å². The first-order chi connectivity index (χ1) is 9.02. The Kier molecular flexibility index (Phi) is 4.87. The van der Waals surface area contributed by atoms with Crippen LogP contribution in [0.4, 0.5) is 0 Å². The molecule has 0 heterocycles. The second kappa shape index (κ2) is 6.25. The first-order valence-corrected chi connectivity index (χ1v) is 7.25. The number of hydrazine groups is 1. The van der Waals surface area contributed by atoms with Gasteiger partial charge in [0.15, 0.2) is 0 Å². The van der Waals surface area contributed by atoms with Crippen LogP contribution in [-0.4, -0.2) is 0 Å². The van der Waals surface area contributed by atoms with Crippen LogP contribution in [0.1, 0.15) is 22.7 Å². The van der Waals surface area contributed by atoms with E-state index in [1.165, 1.54) is 0 Å². The fraction of sp³-hybridized carbons (Fsp3) is 0.143. The maximum Gasteiger partial charge on any atom is 0.0713 e. The summed E-state index contributed by atoms with van der Waals surface area (Å²) in [7, 11) is 0. The second-order valence-electron chi connectivity index (χ2n) is 4.27. The van der Waals surface area contributed by atoms with Gasteiger partial charge in [-0.05, 0) is 47.9 Å². The molecule has 3 N–H and O–H groups in total. The summed E-state index contributed by atoms with van der Waals surface area (Å²) in [6.45, 7) is 2.05. The van der Waals surface area contributed by atoms with Gasteiger partial charge >= 0.3 is 0 Å². The van der Waals surface area contributed by atoms with Gasteiger partial charge in [0.2, 0.25) is 0 Å². The summed E-state index contributed by atoms with van der Waals surface area (Å²) >= 11 is 15.5. The fourth-order valence-corrected chi connectivity index (χ4v) is 2.67. The molecule has 0 saturated heterocycles. The third-order valence-corrected chi connectivity index (χ3v) is 4.23. The van der Waals surface area contributed by atoms with Crippen LogP contribution in [-0.2, 0) is 0 Å². The number of nitrogens with two attached hydrogens (primary N) is 1. The van der Waals surface area contributed by atoms with Gasteiger partial charge in [0.1, 0.15) is 0 Å². The van der Waals surface area contributed by atoms with E-state index in [0.29, 0.717) is 10.0 Å². The summed E-state index contributed by atoms with van der Waals surface area (Å²) in [6, 6.07) is 11.5. The quantitative estimate of drug-likeness (QED) is 0.620. The van der Waals surface area contributed by atoms with Gasteiger partial charge in [-0.2, -0.15) is 0 Å². The van der Waals surface area contributed by atoms with Crippen LogP contribution in [0.25, 0.3) is 0 Å². The molecule has 100 valence electrons. The Labute approximate surface area is 131 Å². The summed E-state index contributed by atoms with van der Waals surface area (Å²) in [5, 5.41) is 1.05. The van der Waals surface area contributed by atoms with E-state index in [1.54, 1.807) is 6.07 Å². The zero-order chi connectivity index (χ0) is 14.0. The van der Waals surface area contributed by atoms with E-state index in [1.807, 2.05) is 37.3 Å². The minimum atomic E-state index is -0.132. The molecule has 0 fully saturated rings. The minimum Gasteiger partial charge on any atom is -0.271 e. The van der Waals surface area contributed by atoms with Gasteiger partial charge in [-0.15, -0.1) is 0 Å². The number of hydrogen-bond acceptors (Lipinski definition) is 2. The molecule has 0 radical (unpaired) electrons. The number of hydrogen-bond donors (Lipinski definition) is 2. The molecule has 0 bridgehead atoms. The Morgan fingerprint density at radius 3 is 2.47 bits per heavy atom. The molecule has 19 heavy (non-hydrogen) atoms. The maximum atomic E-state index is 6.06. The first-order valence-electron chi connectivity index (χ1n) is 5.70. The minimum absolute atomic E-state index is 0.132. The largest absolute Gasteiger partial charge is 0.271 e. The predicted octanol–water partition coefficient (Wildman–Crippen LogP) is 4.62. The van der Waals surface area contributed by atoms with E-state index >= 15 is 0 Å². The molecule has 1 atom stereocenters. The van der Waals surface area contributed by atoms with Gasteiger partial charge in [-0.1, -0.05) is 51.3 Å². The number of halogens is 3. The molecule has 2 aromatic carbocycles. The van der Waals surface area contributed by atoms with Crippen molar-refractivity contribution in [2.75, 3.05) is 0 Å². The van der Waals surface area contributed by atoms with Crippen LogP contribution >= 0.6 is 39.1 Å². The number of nitrogens with one attached hydrogen (secondary N) is 1. The molecule has 0 spiro atoms. The van der Waals surface area contributed by atoms with E-state index in [4.69, 9.17) is 29.0 Å². The lowest BCUT2D eigenvalue weighted by atomic mass is 9.95. The van der Waals surface area contributed by atoms with Gasteiger partial charge in [0, 0.05) is 4.47 Å². The topological polar surface area (TPSA) is 38.0 Å². The molecule has 2 nitrogen and oxygen atoms in total. The standard InChI is InChI=1S/C14H13BrCl2N2/c1-8-2-4-10(15)7-11(8)14(19-18)9-3-5-12(16)13(17)6-9/h2-7,14,19H,18H2,1H3. The molecule has 0 aliphatic carbocycles. The lowest BCUT2D eigenvalue weighted by molar-refractivity contribution is 0.633. The molecule has 0 saturated carbocycles. The molecule has 0 amide bonds. The average molecular weight is 360 g/mol. The van der Waals surface area contributed by atoms with Gasteiger partial charge in [0.05, 0.1) is 16.1 Å². The van der Waals surface area contributed by atoms with Gasteiger partial charge < -0.3 is 0 Å². The molecule has 2 rings (SSSR count). The highest BCUT2D eigenvalue weighted by Crippen LogP contribution is 2.31. The third kappa shape index (κ3) is 3.30. The van der Waals surface area contributed by atoms with Crippen LogP contribution < -0.4 is 11.3 Å². The van der Waals surface area contributed by atoms with Crippen LogP contribution in [0.2, 0.25) is 10.0 Å². The number of benzene rings is 2. The van der Waals surface area contributed by atoms with E-state index in [9.17, 15) is 0 Å². The monoisotopic (exact) mass is 358 g/mol. The Morgan fingerprint density at radius 2 is 1.84 bits per heavy atom. The van der Waals surface area contributed by atoms with Crippen LogP contribution in [0.3, 0.4) is 0 Å². The van der Waals surface area contributed by atoms with E-state index in [-0.39, 0.29) is 6.04 Å². The Balaban J connectivity index is 2.49. The zero-order valence-electron chi connectivity index (χ0n) is 10.3. The molecule has 2 aromatic rings. The second-order valence-corrected chi connectivity index (χ2v) is 6.00. The molecule has 1 unspecified atom stereocenters.